The monoisotopic (exact) mass is 504 g/mol. The molecule has 3 nitrogen and oxygen atoms in total. The van der Waals surface area contributed by atoms with E-state index < -0.39 is 0 Å². The molecule has 0 aliphatic heterocycles. The van der Waals surface area contributed by atoms with Gasteiger partial charge < -0.3 is 10.2 Å². The van der Waals surface area contributed by atoms with E-state index in [1.54, 1.807) is 0 Å². The molecular weight excluding hydrogens is 463 g/mol. The van der Waals surface area contributed by atoms with Gasteiger partial charge in [0.15, 0.2) is 0 Å². The molecule has 0 heterocycles. The molecule has 1 amide bonds. The van der Waals surface area contributed by atoms with Crippen molar-refractivity contribution in [2.75, 3.05) is 4.90 Å². The highest BCUT2D eigenvalue weighted by atomic mass is 16.1. The number of carbonyl (C=O) groups excluding carboxylic acids is 1. The number of benzene rings is 3. The van der Waals surface area contributed by atoms with E-state index in [0.717, 1.165) is 28.9 Å². The van der Waals surface area contributed by atoms with E-state index in [-0.39, 0.29) is 11.9 Å². The number of nitrogens with zero attached hydrogens (tertiary/aromatic N) is 1. The third-order valence-electron chi connectivity index (χ3n) is 8.26. The summed E-state index contributed by atoms with van der Waals surface area (Å²) in [5, 5.41) is 5.82. The van der Waals surface area contributed by atoms with Crippen LogP contribution in [0.15, 0.2) is 60.8 Å². The molecule has 3 aromatic carbocycles. The van der Waals surface area contributed by atoms with Gasteiger partial charge in [-0.25, -0.2) is 0 Å². The number of carbonyl (C=O) groups is 1. The lowest BCUT2D eigenvalue weighted by Gasteiger charge is -2.35. The normalized spacial score (nSPS) is 14.6. The van der Waals surface area contributed by atoms with Gasteiger partial charge in [0.1, 0.15) is 7.85 Å². The zero-order chi connectivity index (χ0) is 27.2. The van der Waals surface area contributed by atoms with Crippen LogP contribution >= 0.6 is 0 Å². The van der Waals surface area contributed by atoms with E-state index in [0.29, 0.717) is 18.9 Å². The molecule has 0 spiro atoms. The van der Waals surface area contributed by atoms with Gasteiger partial charge >= 0.3 is 0 Å². The molecule has 4 heteroatoms. The highest BCUT2D eigenvalue weighted by Crippen LogP contribution is 2.39. The van der Waals surface area contributed by atoms with E-state index in [2.05, 4.69) is 86.9 Å². The van der Waals surface area contributed by atoms with Crippen molar-refractivity contribution in [3.05, 3.63) is 83.1 Å². The second-order valence-corrected chi connectivity index (χ2v) is 10.7. The third-order valence-corrected chi connectivity index (χ3v) is 8.26. The van der Waals surface area contributed by atoms with Gasteiger partial charge in [0.25, 0.3) is 0 Å². The Hall–Kier alpha value is -3.45. The third kappa shape index (κ3) is 5.83. The summed E-state index contributed by atoms with van der Waals surface area (Å²) in [6.07, 6.45) is 13.3. The topological polar surface area (TPSA) is 32.3 Å². The highest BCUT2D eigenvalue weighted by molar-refractivity contribution is 6.38. The maximum absolute atomic E-state index is 12.4. The Morgan fingerprint density at radius 3 is 2.55 bits per heavy atom. The van der Waals surface area contributed by atoms with Gasteiger partial charge in [0.2, 0.25) is 5.91 Å². The van der Waals surface area contributed by atoms with Crippen molar-refractivity contribution < 1.29 is 4.79 Å². The first kappa shape index (κ1) is 27.6. The summed E-state index contributed by atoms with van der Waals surface area (Å²) in [6.45, 7) is 11.4. The van der Waals surface area contributed by atoms with Crippen LogP contribution in [0.25, 0.3) is 10.8 Å². The molecule has 1 atom stereocenters. The zero-order valence-corrected chi connectivity index (χ0v) is 23.6. The fourth-order valence-corrected chi connectivity index (χ4v) is 6.02. The van der Waals surface area contributed by atoms with Crippen LogP contribution in [0.2, 0.25) is 0 Å². The fraction of sp³-hybridized carbons (Fsp3) is 0.382. The molecule has 1 saturated carbocycles. The van der Waals surface area contributed by atoms with E-state index in [9.17, 15) is 4.79 Å². The number of fused-ring (bicyclic) bond motifs is 1. The molecule has 38 heavy (non-hydrogen) atoms. The first-order chi connectivity index (χ1) is 18.4. The molecule has 0 bridgehead atoms. The Bertz CT molecular complexity index is 1360. The molecule has 1 aliphatic carbocycles. The van der Waals surface area contributed by atoms with Gasteiger partial charge in [-0.15, -0.1) is 6.42 Å². The van der Waals surface area contributed by atoms with Crippen LogP contribution in [0.1, 0.15) is 87.0 Å². The highest BCUT2D eigenvalue weighted by Gasteiger charge is 2.26. The first-order valence-electron chi connectivity index (χ1n) is 14.2. The van der Waals surface area contributed by atoms with Crippen molar-refractivity contribution in [2.24, 2.45) is 0 Å². The lowest BCUT2D eigenvalue weighted by molar-refractivity contribution is -0.121. The van der Waals surface area contributed by atoms with E-state index >= 15 is 0 Å². The number of anilines is 1. The maximum atomic E-state index is 12.4. The molecule has 0 aromatic heterocycles. The van der Waals surface area contributed by atoms with Crippen molar-refractivity contribution in [3.63, 3.8) is 0 Å². The first-order valence-corrected chi connectivity index (χ1v) is 14.2. The minimum atomic E-state index is -0.149. The minimum Gasteiger partial charge on any atom is -0.348 e. The van der Waals surface area contributed by atoms with Gasteiger partial charge in [0, 0.05) is 29.9 Å². The predicted octanol–water partition coefficient (Wildman–Crippen LogP) is 6.26. The number of hydrogen-bond donors (Lipinski definition) is 1. The van der Waals surface area contributed by atoms with Crippen LogP contribution in [0.5, 0.6) is 0 Å². The van der Waals surface area contributed by atoms with Crippen LogP contribution < -0.4 is 15.7 Å². The van der Waals surface area contributed by atoms with E-state index in [1.807, 2.05) is 13.0 Å². The summed E-state index contributed by atoms with van der Waals surface area (Å²) < 4.78 is 0. The fourth-order valence-electron chi connectivity index (χ4n) is 6.02. The Morgan fingerprint density at radius 1 is 1.13 bits per heavy atom. The molecule has 0 radical (unpaired) electrons. The number of amides is 1. The van der Waals surface area contributed by atoms with Crippen molar-refractivity contribution in [2.45, 2.75) is 84.2 Å². The summed E-state index contributed by atoms with van der Waals surface area (Å²) >= 11 is 0. The number of aryl methyl sites for hydroxylation is 1. The molecule has 1 fully saturated rings. The largest absolute Gasteiger partial charge is 0.348 e. The summed E-state index contributed by atoms with van der Waals surface area (Å²) in [4.78, 5) is 14.8. The molecule has 196 valence electrons. The van der Waals surface area contributed by atoms with Crippen molar-refractivity contribution in [1.29, 1.82) is 0 Å². The Labute approximate surface area is 230 Å². The molecule has 1 N–H and O–H groups in total. The van der Waals surface area contributed by atoms with Crippen molar-refractivity contribution in [1.82, 2.24) is 5.32 Å². The molecule has 0 unspecified atom stereocenters. The number of rotatable bonds is 9. The smallest absolute Gasteiger partial charge is 0.220 e. The van der Waals surface area contributed by atoms with Gasteiger partial charge in [0.05, 0.1) is 6.04 Å². The lowest BCUT2D eigenvalue weighted by Crippen LogP contribution is -2.41. The van der Waals surface area contributed by atoms with Gasteiger partial charge in [-0.05, 0) is 77.8 Å². The average molecular weight is 505 g/mol. The molecule has 3 aromatic rings. The summed E-state index contributed by atoms with van der Waals surface area (Å²) in [5.74, 6) is 3.38. The summed E-state index contributed by atoms with van der Waals surface area (Å²) in [6, 6.07) is 17.4. The Balaban J connectivity index is 1.88. The van der Waals surface area contributed by atoms with Crippen LogP contribution in [0.3, 0.4) is 0 Å². The quantitative estimate of drug-likeness (QED) is 0.276. The Kier molecular flexibility index (Phi) is 9.00. The minimum absolute atomic E-state index is 0.0426. The van der Waals surface area contributed by atoms with Crippen LogP contribution in [-0.2, 0) is 11.3 Å². The van der Waals surface area contributed by atoms with Crippen LogP contribution in [0, 0.1) is 19.3 Å². The molecular formula is C34H41BN2O. The zero-order valence-electron chi connectivity index (χ0n) is 23.6. The second kappa shape index (κ2) is 12.4. The maximum Gasteiger partial charge on any atom is 0.220 e. The van der Waals surface area contributed by atoms with E-state index in [4.69, 9.17) is 6.42 Å². The number of nitrogens with one attached hydrogen (secondary N) is 1. The van der Waals surface area contributed by atoms with Crippen molar-refractivity contribution in [3.8, 4) is 12.3 Å². The molecule has 0 saturated heterocycles. The summed E-state index contributed by atoms with van der Waals surface area (Å²) in [5.41, 5.74) is 8.09. The van der Waals surface area contributed by atoms with E-state index in [1.165, 1.54) is 59.5 Å². The SMILES string of the molecule is Bc1cccc2c(CN(C(=C)[C@H](CC)NC(=O)CC)c3ccc(C#C)cc3C)c(C3CCCCC3)ccc12. The standard InChI is InChI=1S/C34H41BN2O/c1-6-25-17-20-33(23(4)21-25)37(24(5)32(7-2)36-34(38)8-3)22-30-27(26-13-10-9-11-14-26)18-19-29-28(30)15-12-16-31(29)35/h1,12,15-21,26,32H,5,7-11,13-14,22,35H2,2-4H3,(H,36,38)/t32-/m0/s1. The average Bonchev–Trinajstić information content (AvgIpc) is 2.94. The van der Waals surface area contributed by atoms with Gasteiger partial charge in [-0.1, -0.05) is 81.4 Å². The number of hydrogen-bond acceptors (Lipinski definition) is 2. The molecule has 1 aliphatic rings. The molecule has 4 rings (SSSR count). The Morgan fingerprint density at radius 2 is 1.89 bits per heavy atom. The second-order valence-electron chi connectivity index (χ2n) is 10.7. The summed E-state index contributed by atoms with van der Waals surface area (Å²) in [7, 11) is 2.19. The van der Waals surface area contributed by atoms with Gasteiger partial charge in [-0.2, -0.15) is 0 Å². The van der Waals surface area contributed by atoms with Gasteiger partial charge in [-0.3, -0.25) is 4.79 Å². The van der Waals surface area contributed by atoms with Crippen LogP contribution in [0.4, 0.5) is 5.69 Å². The van der Waals surface area contributed by atoms with Crippen molar-refractivity contribution >= 4 is 35.7 Å². The number of terminal acetylenes is 1. The predicted molar refractivity (Wildman–Crippen MR) is 165 cm³/mol. The van der Waals surface area contributed by atoms with Crippen LogP contribution in [-0.4, -0.2) is 19.8 Å². The lowest BCUT2D eigenvalue weighted by atomic mass is 9.79.